The van der Waals surface area contributed by atoms with Crippen LogP contribution in [-0.4, -0.2) is 36.6 Å². The summed E-state index contributed by atoms with van der Waals surface area (Å²) < 4.78 is 1.65. The molecule has 1 N–H and O–H groups in total. The van der Waals surface area contributed by atoms with Crippen molar-refractivity contribution < 1.29 is 9.90 Å². The average molecular weight is 264 g/mol. The van der Waals surface area contributed by atoms with Crippen LogP contribution < -0.4 is 0 Å². The number of rotatable bonds is 5. The lowest BCUT2D eigenvalue weighted by atomic mass is 10.3. The van der Waals surface area contributed by atoms with Gasteiger partial charge in [-0.15, -0.1) is 0 Å². The molecule has 6 nitrogen and oxygen atoms in total. The third-order valence-electron chi connectivity index (χ3n) is 2.22. The molecule has 2 heterocycles. The zero-order valence-electron chi connectivity index (χ0n) is 9.78. The molecule has 2 rings (SSSR count). The molecule has 0 atom stereocenters. The number of aromatic nitrogens is 4. The Morgan fingerprint density at radius 1 is 1.56 bits per heavy atom. The maximum Gasteiger partial charge on any atom is 0.313 e. The summed E-state index contributed by atoms with van der Waals surface area (Å²) in [4.78, 5) is 18.6. The molecule has 0 aliphatic heterocycles. The van der Waals surface area contributed by atoms with E-state index in [1.54, 1.807) is 16.9 Å². The molecule has 0 bridgehead atoms. The zero-order chi connectivity index (χ0) is 13.0. The summed E-state index contributed by atoms with van der Waals surface area (Å²) in [5.41, 5.74) is 0.904. The van der Waals surface area contributed by atoms with Crippen molar-refractivity contribution in [2.24, 2.45) is 0 Å². The van der Waals surface area contributed by atoms with Crippen LogP contribution >= 0.6 is 11.8 Å². The monoisotopic (exact) mass is 264 g/mol. The number of carboxylic acid groups (broad SMARTS) is 1. The molecule has 0 saturated heterocycles. The molecule has 0 radical (unpaired) electrons. The van der Waals surface area contributed by atoms with Crippen molar-refractivity contribution in [3.05, 3.63) is 30.4 Å². The van der Waals surface area contributed by atoms with E-state index in [2.05, 4.69) is 15.1 Å². The summed E-state index contributed by atoms with van der Waals surface area (Å²) in [6, 6.07) is 3.62. The zero-order valence-corrected chi connectivity index (χ0v) is 10.6. The molecule has 0 aliphatic rings. The predicted molar refractivity (Wildman–Crippen MR) is 66.9 cm³/mol. The Morgan fingerprint density at radius 3 is 3.00 bits per heavy atom. The van der Waals surface area contributed by atoms with E-state index in [0.29, 0.717) is 5.82 Å². The summed E-state index contributed by atoms with van der Waals surface area (Å²) in [6.07, 6.45) is 3.86. The molecule has 7 heteroatoms. The normalized spacial score (nSPS) is 10.5. The third kappa shape index (κ3) is 2.86. The number of carboxylic acids is 1. The number of aliphatic carboxylic acids is 1. The summed E-state index contributed by atoms with van der Waals surface area (Å²) in [6.45, 7) is 2.00. The first kappa shape index (κ1) is 12.6. The summed E-state index contributed by atoms with van der Waals surface area (Å²) in [7, 11) is 0. The van der Waals surface area contributed by atoms with Crippen LogP contribution in [0.25, 0.3) is 5.82 Å². The molecule has 0 saturated carbocycles. The van der Waals surface area contributed by atoms with Crippen LogP contribution in [0, 0.1) is 0 Å². The quantitative estimate of drug-likeness (QED) is 0.822. The fourth-order valence-corrected chi connectivity index (χ4v) is 2.14. The lowest BCUT2D eigenvalue weighted by Crippen LogP contribution is -2.04. The number of aryl methyl sites for hydroxylation is 1. The van der Waals surface area contributed by atoms with E-state index in [-0.39, 0.29) is 5.75 Å². The highest BCUT2D eigenvalue weighted by Crippen LogP contribution is 2.22. The number of hydrogen-bond acceptors (Lipinski definition) is 5. The largest absolute Gasteiger partial charge is 0.481 e. The maximum atomic E-state index is 10.6. The van der Waals surface area contributed by atoms with Gasteiger partial charge in [0.25, 0.3) is 0 Å². The minimum absolute atomic E-state index is 0.0000683. The number of nitrogens with zero attached hydrogens (tertiary/aromatic N) is 4. The van der Waals surface area contributed by atoms with Crippen molar-refractivity contribution >= 4 is 17.7 Å². The molecule has 2 aromatic rings. The van der Waals surface area contributed by atoms with E-state index in [1.807, 2.05) is 13.0 Å². The van der Waals surface area contributed by atoms with Crippen molar-refractivity contribution in [3.8, 4) is 5.82 Å². The molecule has 0 fully saturated rings. The van der Waals surface area contributed by atoms with E-state index in [9.17, 15) is 4.79 Å². The Bertz CT molecular complexity index is 541. The van der Waals surface area contributed by atoms with Crippen LogP contribution in [0.15, 0.2) is 29.7 Å². The molecule has 0 spiro atoms. The minimum atomic E-state index is -0.853. The second-order valence-electron chi connectivity index (χ2n) is 3.49. The van der Waals surface area contributed by atoms with Gasteiger partial charge in [0.2, 0.25) is 0 Å². The van der Waals surface area contributed by atoms with Crippen molar-refractivity contribution in [1.82, 2.24) is 19.7 Å². The molecular weight excluding hydrogens is 252 g/mol. The highest BCUT2D eigenvalue weighted by atomic mass is 32.2. The van der Waals surface area contributed by atoms with Crippen LogP contribution in [0.5, 0.6) is 0 Å². The predicted octanol–water partition coefficient (Wildman–Crippen LogP) is 1.40. The average Bonchev–Trinajstić information content (AvgIpc) is 2.80. The molecule has 0 aromatic carbocycles. The Morgan fingerprint density at radius 2 is 2.39 bits per heavy atom. The van der Waals surface area contributed by atoms with Crippen LogP contribution in [0.4, 0.5) is 0 Å². The second-order valence-corrected chi connectivity index (χ2v) is 4.48. The maximum absolute atomic E-state index is 10.6. The van der Waals surface area contributed by atoms with Gasteiger partial charge >= 0.3 is 5.97 Å². The summed E-state index contributed by atoms with van der Waals surface area (Å²) >= 11 is 1.23. The molecule has 0 unspecified atom stereocenters. The van der Waals surface area contributed by atoms with Gasteiger partial charge in [0.1, 0.15) is 11.4 Å². The van der Waals surface area contributed by atoms with Crippen LogP contribution in [-0.2, 0) is 11.2 Å². The Kier molecular flexibility index (Phi) is 3.93. The van der Waals surface area contributed by atoms with Gasteiger partial charge in [0, 0.05) is 12.3 Å². The van der Waals surface area contributed by atoms with Crippen LogP contribution in [0.3, 0.4) is 0 Å². The lowest BCUT2D eigenvalue weighted by Gasteiger charge is -2.03. The minimum Gasteiger partial charge on any atom is -0.481 e. The van der Waals surface area contributed by atoms with Crippen LogP contribution in [0.1, 0.15) is 12.6 Å². The van der Waals surface area contributed by atoms with Gasteiger partial charge in [-0.3, -0.25) is 4.79 Å². The molecule has 18 heavy (non-hydrogen) atoms. The van der Waals surface area contributed by atoms with Crippen LogP contribution in [0.2, 0.25) is 0 Å². The molecule has 94 valence electrons. The van der Waals surface area contributed by atoms with E-state index in [0.717, 1.165) is 17.1 Å². The van der Waals surface area contributed by atoms with Gasteiger partial charge in [-0.05, 0) is 12.5 Å². The SMILES string of the molecule is CCc1cc(SCC(=O)O)n(-c2ccncn2)n1. The van der Waals surface area contributed by atoms with Crippen molar-refractivity contribution in [2.45, 2.75) is 18.4 Å². The molecule has 0 amide bonds. The van der Waals surface area contributed by atoms with E-state index in [1.165, 1.54) is 18.1 Å². The molecule has 0 aliphatic carbocycles. The topological polar surface area (TPSA) is 80.9 Å². The Balaban J connectivity index is 2.33. The van der Waals surface area contributed by atoms with Gasteiger partial charge in [-0.25, -0.2) is 14.6 Å². The highest BCUT2D eigenvalue weighted by Gasteiger charge is 2.11. The number of carbonyl (C=O) groups is 1. The second kappa shape index (κ2) is 5.63. The highest BCUT2D eigenvalue weighted by molar-refractivity contribution is 7.99. The summed E-state index contributed by atoms with van der Waals surface area (Å²) in [5, 5.41) is 13.9. The first-order valence-corrected chi connectivity index (χ1v) is 6.39. The van der Waals surface area contributed by atoms with Gasteiger partial charge in [-0.2, -0.15) is 5.10 Å². The van der Waals surface area contributed by atoms with E-state index < -0.39 is 5.97 Å². The first-order chi connectivity index (χ1) is 8.70. The fraction of sp³-hybridized carbons (Fsp3) is 0.273. The van der Waals surface area contributed by atoms with Crippen molar-refractivity contribution in [3.63, 3.8) is 0 Å². The van der Waals surface area contributed by atoms with E-state index in [4.69, 9.17) is 5.11 Å². The molecular formula is C11H12N4O2S. The van der Waals surface area contributed by atoms with Gasteiger partial charge < -0.3 is 5.11 Å². The fourth-order valence-electron chi connectivity index (χ4n) is 1.39. The Hall–Kier alpha value is -1.89. The van der Waals surface area contributed by atoms with E-state index >= 15 is 0 Å². The third-order valence-corrected chi connectivity index (χ3v) is 3.19. The lowest BCUT2D eigenvalue weighted by molar-refractivity contribution is -0.133. The smallest absolute Gasteiger partial charge is 0.313 e. The van der Waals surface area contributed by atoms with Gasteiger partial charge in [0.15, 0.2) is 5.82 Å². The standard InChI is InChI=1S/C11H12N4O2S/c1-2-8-5-10(18-6-11(16)17)15(14-8)9-3-4-12-7-13-9/h3-5,7H,2,6H2,1H3,(H,16,17). The van der Waals surface area contributed by atoms with Crippen molar-refractivity contribution in [1.29, 1.82) is 0 Å². The first-order valence-electron chi connectivity index (χ1n) is 5.40. The molecule has 2 aromatic heterocycles. The summed E-state index contributed by atoms with van der Waals surface area (Å²) in [5.74, 6) is -0.217. The number of hydrogen-bond donors (Lipinski definition) is 1. The Labute approximate surface area is 108 Å². The number of thioether (sulfide) groups is 1. The van der Waals surface area contributed by atoms with Crippen molar-refractivity contribution in [2.75, 3.05) is 5.75 Å². The van der Waals surface area contributed by atoms with Gasteiger partial charge in [0.05, 0.1) is 11.4 Å². The van der Waals surface area contributed by atoms with Gasteiger partial charge in [-0.1, -0.05) is 18.7 Å².